The van der Waals surface area contributed by atoms with E-state index in [-0.39, 0.29) is 0 Å². The van der Waals surface area contributed by atoms with Gasteiger partial charge in [-0.3, -0.25) is 0 Å². The van der Waals surface area contributed by atoms with Crippen molar-refractivity contribution in [2.75, 3.05) is 29.9 Å². The first-order valence-corrected chi connectivity index (χ1v) is 7.30. The van der Waals surface area contributed by atoms with Crippen LogP contribution in [0.1, 0.15) is 11.4 Å². The minimum absolute atomic E-state index is 0.660. The van der Waals surface area contributed by atoms with Gasteiger partial charge in [-0.2, -0.15) is 5.10 Å². The van der Waals surface area contributed by atoms with Gasteiger partial charge in [-0.1, -0.05) is 0 Å². The summed E-state index contributed by atoms with van der Waals surface area (Å²) in [6.45, 7) is 7.02. The van der Waals surface area contributed by atoms with Crippen LogP contribution in [0.4, 0.5) is 10.9 Å². The van der Waals surface area contributed by atoms with Crippen LogP contribution < -0.4 is 10.2 Å². The average Bonchev–Trinajstić information content (AvgIpc) is 2.75. The summed E-state index contributed by atoms with van der Waals surface area (Å²) < 4.78 is 0. The highest BCUT2D eigenvalue weighted by Crippen LogP contribution is 2.23. The Labute approximate surface area is 116 Å². The molecule has 3 heterocycles. The van der Waals surface area contributed by atoms with E-state index in [1.54, 1.807) is 11.3 Å². The van der Waals surface area contributed by atoms with Gasteiger partial charge in [-0.05, 0) is 26.0 Å². The molecule has 19 heavy (non-hydrogen) atoms. The molecule has 1 fully saturated rings. The van der Waals surface area contributed by atoms with E-state index >= 15 is 0 Å². The summed E-state index contributed by atoms with van der Waals surface area (Å²) in [6.07, 6.45) is 0. The number of nitrogens with zero attached hydrogens (tertiary/aromatic N) is 4. The van der Waals surface area contributed by atoms with Crippen molar-refractivity contribution in [1.29, 1.82) is 0 Å². The largest absolute Gasteiger partial charge is 0.361 e. The Bertz CT molecular complexity index is 544. The van der Waals surface area contributed by atoms with Crippen molar-refractivity contribution in [1.82, 2.24) is 15.2 Å². The number of rotatable bonds is 4. The number of aryl methyl sites for hydroxylation is 2. The molecule has 0 spiro atoms. The first-order valence-electron chi connectivity index (χ1n) is 6.42. The number of hydrogen-bond acceptors (Lipinski definition) is 6. The third-order valence-corrected chi connectivity index (χ3v) is 4.14. The summed E-state index contributed by atoms with van der Waals surface area (Å²) in [5, 5.41) is 14.8. The summed E-state index contributed by atoms with van der Waals surface area (Å²) in [5.74, 6) is 1.64. The summed E-state index contributed by atoms with van der Waals surface area (Å²) in [6, 6.07) is 4.04. The van der Waals surface area contributed by atoms with Gasteiger partial charge in [0.25, 0.3) is 0 Å². The summed E-state index contributed by atoms with van der Waals surface area (Å²) in [4.78, 5) is 6.66. The van der Waals surface area contributed by atoms with Gasteiger partial charge in [0, 0.05) is 30.9 Å². The molecule has 2 aromatic rings. The molecule has 3 rings (SSSR count). The molecule has 0 atom stereocenters. The second-order valence-electron chi connectivity index (χ2n) is 4.98. The number of nitrogens with one attached hydrogen (secondary N) is 1. The molecule has 0 saturated carbocycles. The van der Waals surface area contributed by atoms with E-state index in [9.17, 15) is 0 Å². The smallest absolute Gasteiger partial charge is 0.182 e. The van der Waals surface area contributed by atoms with Crippen molar-refractivity contribution >= 4 is 22.3 Å². The van der Waals surface area contributed by atoms with Gasteiger partial charge in [0.1, 0.15) is 0 Å². The molecule has 0 aromatic carbocycles. The number of anilines is 2. The zero-order chi connectivity index (χ0) is 13.2. The van der Waals surface area contributed by atoms with Crippen LogP contribution in [0.2, 0.25) is 0 Å². The molecule has 100 valence electrons. The van der Waals surface area contributed by atoms with Crippen LogP contribution in [0.25, 0.3) is 0 Å². The van der Waals surface area contributed by atoms with Crippen molar-refractivity contribution in [2.24, 2.45) is 5.92 Å². The lowest BCUT2D eigenvalue weighted by molar-refractivity contribution is 0.425. The summed E-state index contributed by atoms with van der Waals surface area (Å²) >= 11 is 1.67. The molecule has 1 aliphatic heterocycles. The van der Waals surface area contributed by atoms with Gasteiger partial charge in [-0.25, -0.2) is 4.98 Å². The Balaban J connectivity index is 1.46. The van der Waals surface area contributed by atoms with E-state index < -0.39 is 0 Å². The molecule has 0 radical (unpaired) electrons. The predicted molar refractivity (Wildman–Crippen MR) is 77.8 cm³/mol. The van der Waals surface area contributed by atoms with Crippen LogP contribution in [0.5, 0.6) is 0 Å². The van der Waals surface area contributed by atoms with Gasteiger partial charge < -0.3 is 10.2 Å². The van der Waals surface area contributed by atoms with E-state index in [0.29, 0.717) is 5.92 Å². The van der Waals surface area contributed by atoms with Crippen LogP contribution in [0.15, 0.2) is 17.5 Å². The number of thiazole rings is 1. The molecule has 2 aromatic heterocycles. The van der Waals surface area contributed by atoms with Crippen molar-refractivity contribution < 1.29 is 0 Å². The number of aromatic nitrogens is 3. The monoisotopic (exact) mass is 275 g/mol. The van der Waals surface area contributed by atoms with Crippen LogP contribution in [-0.4, -0.2) is 34.8 Å². The Kier molecular flexibility index (Phi) is 3.33. The third kappa shape index (κ3) is 2.84. The van der Waals surface area contributed by atoms with E-state index in [0.717, 1.165) is 42.0 Å². The lowest BCUT2D eigenvalue weighted by atomic mass is 10.0. The molecular formula is C13H17N5S. The second-order valence-corrected chi connectivity index (χ2v) is 5.84. The van der Waals surface area contributed by atoms with Crippen molar-refractivity contribution in [3.05, 3.63) is 28.9 Å². The third-order valence-electron chi connectivity index (χ3n) is 3.23. The molecule has 0 bridgehead atoms. The van der Waals surface area contributed by atoms with Crippen LogP contribution >= 0.6 is 11.3 Å². The minimum atomic E-state index is 0.660. The molecule has 6 heteroatoms. The maximum atomic E-state index is 4.40. The van der Waals surface area contributed by atoms with Crippen LogP contribution in [-0.2, 0) is 0 Å². The molecule has 1 N–H and O–H groups in total. The minimum Gasteiger partial charge on any atom is -0.361 e. The summed E-state index contributed by atoms with van der Waals surface area (Å²) in [7, 11) is 0. The van der Waals surface area contributed by atoms with E-state index in [1.165, 1.54) is 0 Å². The Morgan fingerprint density at radius 1 is 1.26 bits per heavy atom. The van der Waals surface area contributed by atoms with Gasteiger partial charge in [-0.15, -0.1) is 16.4 Å². The molecule has 0 unspecified atom stereocenters. The SMILES string of the molecule is Cc1ccc(N2CC(CNc3nc(C)cs3)C2)nn1. The van der Waals surface area contributed by atoms with Gasteiger partial charge >= 0.3 is 0 Å². The topological polar surface area (TPSA) is 53.9 Å². The normalized spacial score (nSPS) is 15.4. The average molecular weight is 275 g/mol. The highest BCUT2D eigenvalue weighted by Gasteiger charge is 2.27. The van der Waals surface area contributed by atoms with Crippen molar-refractivity contribution in [2.45, 2.75) is 13.8 Å². The molecule has 0 aliphatic carbocycles. The fraction of sp³-hybridized carbons (Fsp3) is 0.462. The maximum absolute atomic E-state index is 4.40. The van der Waals surface area contributed by atoms with E-state index in [1.807, 2.05) is 26.0 Å². The maximum Gasteiger partial charge on any atom is 0.182 e. The predicted octanol–water partition coefficient (Wildman–Crippen LogP) is 2.10. The number of hydrogen-bond donors (Lipinski definition) is 1. The van der Waals surface area contributed by atoms with Gasteiger partial charge in [0.15, 0.2) is 10.9 Å². The van der Waals surface area contributed by atoms with Crippen LogP contribution in [0, 0.1) is 19.8 Å². The first kappa shape index (κ1) is 12.3. The standard InChI is InChI=1S/C13H17N5S/c1-9-3-4-12(17-16-9)18-6-11(7-18)5-14-13-15-10(2)8-19-13/h3-4,8,11H,5-7H2,1-2H3,(H,14,15). The van der Waals surface area contributed by atoms with Crippen LogP contribution in [0.3, 0.4) is 0 Å². The Hall–Kier alpha value is -1.69. The molecule has 5 nitrogen and oxygen atoms in total. The molecule has 1 saturated heterocycles. The van der Waals surface area contributed by atoms with E-state index in [4.69, 9.17) is 0 Å². The molecule has 0 amide bonds. The highest BCUT2D eigenvalue weighted by molar-refractivity contribution is 7.13. The van der Waals surface area contributed by atoms with E-state index in [2.05, 4.69) is 30.8 Å². The lowest BCUT2D eigenvalue weighted by Gasteiger charge is -2.39. The zero-order valence-electron chi connectivity index (χ0n) is 11.1. The Morgan fingerprint density at radius 3 is 2.74 bits per heavy atom. The quantitative estimate of drug-likeness (QED) is 0.926. The zero-order valence-corrected chi connectivity index (χ0v) is 11.9. The second kappa shape index (κ2) is 5.13. The molecular weight excluding hydrogens is 258 g/mol. The highest BCUT2D eigenvalue weighted by atomic mass is 32.1. The van der Waals surface area contributed by atoms with Gasteiger partial charge in [0.05, 0.1) is 11.4 Å². The Morgan fingerprint density at radius 2 is 2.11 bits per heavy atom. The fourth-order valence-corrected chi connectivity index (χ4v) is 2.81. The summed E-state index contributed by atoms with van der Waals surface area (Å²) in [5.41, 5.74) is 2.04. The van der Waals surface area contributed by atoms with Gasteiger partial charge in [0.2, 0.25) is 0 Å². The van der Waals surface area contributed by atoms with Crippen molar-refractivity contribution in [3.63, 3.8) is 0 Å². The molecule has 1 aliphatic rings. The lowest BCUT2D eigenvalue weighted by Crippen LogP contribution is -2.50. The fourth-order valence-electron chi connectivity index (χ4n) is 2.11. The first-order chi connectivity index (χ1) is 9.20. The van der Waals surface area contributed by atoms with Crippen molar-refractivity contribution in [3.8, 4) is 0 Å².